The summed E-state index contributed by atoms with van der Waals surface area (Å²) in [4.78, 5) is 24.8. The molecule has 3 aliphatic rings. The quantitative estimate of drug-likeness (QED) is 0.665. The molecule has 0 aromatic carbocycles. The monoisotopic (exact) mass is 249 g/mol. The molecule has 1 amide bonds. The van der Waals surface area contributed by atoms with Crippen molar-refractivity contribution in [2.24, 2.45) is 5.92 Å². The lowest BCUT2D eigenvalue weighted by Gasteiger charge is -2.46. The van der Waals surface area contributed by atoms with E-state index in [-0.39, 0.29) is 23.7 Å². The summed E-state index contributed by atoms with van der Waals surface area (Å²) in [6.07, 6.45) is 2.32. The van der Waals surface area contributed by atoms with Crippen LogP contribution >= 0.6 is 0 Å². The van der Waals surface area contributed by atoms with Crippen LogP contribution in [0.1, 0.15) is 13.3 Å². The molecule has 2 heterocycles. The Morgan fingerprint density at radius 3 is 2.83 bits per heavy atom. The fraction of sp³-hybridized carbons (Fsp3) is 0.538. The van der Waals surface area contributed by atoms with Crippen molar-refractivity contribution in [1.82, 2.24) is 4.90 Å². The van der Waals surface area contributed by atoms with Gasteiger partial charge in [-0.2, -0.15) is 0 Å². The summed E-state index contributed by atoms with van der Waals surface area (Å²) in [7, 11) is 1.47. The summed E-state index contributed by atoms with van der Waals surface area (Å²) in [5, 5.41) is 10.3. The number of carbonyl (C=O) groups excluding carboxylic acids is 2. The van der Waals surface area contributed by atoms with Crippen LogP contribution in [-0.2, 0) is 14.3 Å². The zero-order valence-electron chi connectivity index (χ0n) is 10.3. The first-order chi connectivity index (χ1) is 8.54. The topological polar surface area (TPSA) is 66.8 Å². The highest BCUT2D eigenvalue weighted by Crippen LogP contribution is 2.40. The van der Waals surface area contributed by atoms with Crippen LogP contribution in [0.25, 0.3) is 0 Å². The molecule has 0 spiro atoms. The van der Waals surface area contributed by atoms with Crippen molar-refractivity contribution in [3.8, 4) is 0 Å². The molecule has 1 saturated heterocycles. The summed E-state index contributed by atoms with van der Waals surface area (Å²) in [6, 6.07) is -0.341. The SMILES string of the molecule is CO[C@H]1C(=O)N2C=C3CC(=O)C=C3[C@H](C)[C@@H](O)[C@@H]12. The molecule has 4 atom stereocenters. The van der Waals surface area contributed by atoms with Gasteiger partial charge in [0.05, 0.1) is 12.1 Å². The molecular weight excluding hydrogens is 234 g/mol. The number of allylic oxidation sites excluding steroid dienone is 2. The normalized spacial score (nSPS) is 38.5. The summed E-state index contributed by atoms with van der Waals surface area (Å²) in [5.41, 5.74) is 1.70. The number of nitrogens with zero attached hydrogens (tertiary/aromatic N) is 1. The number of fused-ring (bicyclic) bond motifs is 2. The Labute approximate surface area is 105 Å². The Hall–Kier alpha value is -1.46. The molecule has 0 aromatic rings. The van der Waals surface area contributed by atoms with Crippen molar-refractivity contribution in [2.75, 3.05) is 7.11 Å². The van der Waals surface area contributed by atoms with Crippen LogP contribution in [0.3, 0.4) is 0 Å². The van der Waals surface area contributed by atoms with Crippen LogP contribution in [0, 0.1) is 5.92 Å². The molecule has 5 nitrogen and oxygen atoms in total. The van der Waals surface area contributed by atoms with Gasteiger partial charge in [-0.25, -0.2) is 0 Å². The van der Waals surface area contributed by atoms with Crippen molar-refractivity contribution in [3.05, 3.63) is 23.4 Å². The Morgan fingerprint density at radius 1 is 1.44 bits per heavy atom. The maximum absolute atomic E-state index is 11.8. The van der Waals surface area contributed by atoms with E-state index in [1.54, 1.807) is 12.3 Å². The molecular formula is C13H15NO4. The number of β-lactam (4-membered cyclic amide) rings is 1. The molecule has 0 aromatic heterocycles. The average Bonchev–Trinajstić information content (AvgIpc) is 2.68. The number of rotatable bonds is 1. The van der Waals surface area contributed by atoms with Gasteiger partial charge in [0.1, 0.15) is 0 Å². The number of hydrogen-bond donors (Lipinski definition) is 1. The second-order valence-electron chi connectivity index (χ2n) is 5.07. The summed E-state index contributed by atoms with van der Waals surface area (Å²) >= 11 is 0. The molecule has 0 radical (unpaired) electrons. The van der Waals surface area contributed by atoms with E-state index >= 15 is 0 Å². The van der Waals surface area contributed by atoms with Crippen molar-refractivity contribution < 1.29 is 19.4 Å². The van der Waals surface area contributed by atoms with Crippen LogP contribution in [0.2, 0.25) is 0 Å². The highest BCUT2D eigenvalue weighted by Gasteiger charge is 2.54. The third kappa shape index (κ3) is 1.34. The van der Waals surface area contributed by atoms with Gasteiger partial charge >= 0.3 is 0 Å². The maximum atomic E-state index is 11.8. The molecule has 1 N–H and O–H groups in total. The first-order valence-electron chi connectivity index (χ1n) is 6.03. The maximum Gasteiger partial charge on any atom is 0.258 e. The van der Waals surface area contributed by atoms with Gasteiger partial charge in [0, 0.05) is 25.6 Å². The lowest BCUT2D eigenvalue weighted by molar-refractivity contribution is -0.174. The molecule has 0 saturated carbocycles. The van der Waals surface area contributed by atoms with Crippen molar-refractivity contribution in [1.29, 1.82) is 0 Å². The molecule has 0 bridgehead atoms. The Kier molecular flexibility index (Phi) is 2.43. The van der Waals surface area contributed by atoms with Crippen LogP contribution < -0.4 is 0 Å². The molecule has 1 fully saturated rings. The predicted octanol–water partition coefficient (Wildman–Crippen LogP) is 0.00590. The second-order valence-corrected chi connectivity index (χ2v) is 5.07. The van der Waals surface area contributed by atoms with Gasteiger partial charge in [0.25, 0.3) is 5.91 Å². The number of methoxy groups -OCH3 is 1. The van der Waals surface area contributed by atoms with Gasteiger partial charge in [0.2, 0.25) is 0 Å². The number of aliphatic hydroxyl groups is 1. The van der Waals surface area contributed by atoms with E-state index in [0.29, 0.717) is 6.42 Å². The number of hydrogen-bond acceptors (Lipinski definition) is 4. The van der Waals surface area contributed by atoms with Gasteiger partial charge in [-0.3, -0.25) is 9.59 Å². The van der Waals surface area contributed by atoms with Crippen molar-refractivity contribution >= 4 is 11.7 Å². The fourth-order valence-electron chi connectivity index (χ4n) is 3.04. The first kappa shape index (κ1) is 11.6. The lowest BCUT2D eigenvalue weighted by atomic mass is 9.84. The summed E-state index contributed by atoms with van der Waals surface area (Å²) in [6.45, 7) is 1.88. The van der Waals surface area contributed by atoms with Gasteiger partial charge in [-0.1, -0.05) is 6.92 Å². The van der Waals surface area contributed by atoms with E-state index in [1.807, 2.05) is 6.92 Å². The number of ether oxygens (including phenoxy) is 1. The Balaban J connectivity index is 2.01. The van der Waals surface area contributed by atoms with Crippen LogP contribution in [-0.4, -0.2) is 47.1 Å². The van der Waals surface area contributed by atoms with E-state index in [4.69, 9.17) is 4.74 Å². The fourth-order valence-corrected chi connectivity index (χ4v) is 3.04. The minimum Gasteiger partial charge on any atom is -0.390 e. The molecule has 2 aliphatic heterocycles. The van der Waals surface area contributed by atoms with E-state index in [9.17, 15) is 14.7 Å². The second kappa shape index (κ2) is 3.76. The van der Waals surface area contributed by atoms with Crippen LogP contribution in [0.5, 0.6) is 0 Å². The number of amides is 1. The molecule has 1 aliphatic carbocycles. The zero-order valence-corrected chi connectivity index (χ0v) is 10.3. The first-order valence-corrected chi connectivity index (χ1v) is 6.03. The average molecular weight is 249 g/mol. The zero-order chi connectivity index (χ0) is 13.0. The lowest BCUT2D eigenvalue weighted by Crippen LogP contribution is -2.68. The largest absolute Gasteiger partial charge is 0.390 e. The highest BCUT2D eigenvalue weighted by atomic mass is 16.5. The van der Waals surface area contributed by atoms with Crippen molar-refractivity contribution in [2.45, 2.75) is 31.6 Å². The Morgan fingerprint density at radius 2 is 2.17 bits per heavy atom. The summed E-state index contributed by atoms with van der Waals surface area (Å²) < 4.78 is 5.12. The standard InChI is InChI=1S/C13H15NO4/c1-6-9-4-8(15)3-7(9)5-14-10(11(6)16)12(18-2)13(14)17/h4-6,10-12,16H,3H2,1-2H3/t6-,10-,11+,12+/m0/s1. The van der Waals surface area contributed by atoms with Gasteiger partial charge in [0.15, 0.2) is 11.9 Å². The number of ketones is 1. The van der Waals surface area contributed by atoms with E-state index < -0.39 is 12.2 Å². The molecule has 96 valence electrons. The van der Waals surface area contributed by atoms with E-state index in [1.165, 1.54) is 12.0 Å². The van der Waals surface area contributed by atoms with Gasteiger partial charge in [-0.15, -0.1) is 0 Å². The third-order valence-corrected chi connectivity index (χ3v) is 4.08. The predicted molar refractivity (Wildman–Crippen MR) is 62.4 cm³/mol. The third-order valence-electron chi connectivity index (χ3n) is 4.08. The molecule has 18 heavy (non-hydrogen) atoms. The minimum absolute atomic E-state index is 0.0324. The number of carbonyl (C=O) groups is 2. The summed E-state index contributed by atoms with van der Waals surface area (Å²) in [5.74, 6) is -0.282. The van der Waals surface area contributed by atoms with E-state index in [2.05, 4.69) is 0 Å². The van der Waals surface area contributed by atoms with Crippen LogP contribution in [0.4, 0.5) is 0 Å². The van der Waals surface area contributed by atoms with Gasteiger partial charge in [-0.05, 0) is 17.2 Å². The molecule has 0 unspecified atom stereocenters. The minimum atomic E-state index is -0.710. The Bertz CT molecular complexity index is 493. The van der Waals surface area contributed by atoms with Gasteiger partial charge < -0.3 is 14.7 Å². The smallest absolute Gasteiger partial charge is 0.258 e. The molecule has 3 rings (SSSR count). The van der Waals surface area contributed by atoms with Crippen LogP contribution in [0.15, 0.2) is 23.4 Å². The number of aliphatic hydroxyl groups excluding tert-OH is 1. The van der Waals surface area contributed by atoms with E-state index in [0.717, 1.165) is 11.1 Å². The van der Waals surface area contributed by atoms with Crippen molar-refractivity contribution in [3.63, 3.8) is 0 Å². The highest BCUT2D eigenvalue weighted by molar-refractivity contribution is 5.98. The molecule has 5 heteroatoms.